The summed E-state index contributed by atoms with van der Waals surface area (Å²) in [6.07, 6.45) is 2.39. The number of amides is 1. The molecule has 7 heteroatoms. The molecule has 1 saturated heterocycles. The van der Waals surface area contributed by atoms with Gasteiger partial charge in [0.2, 0.25) is 5.91 Å². The van der Waals surface area contributed by atoms with E-state index in [1.54, 1.807) is 7.11 Å². The number of hydrogen-bond donors (Lipinski definition) is 2. The zero-order valence-corrected chi connectivity index (χ0v) is 15.1. The summed E-state index contributed by atoms with van der Waals surface area (Å²) in [6, 6.07) is 8.12. The van der Waals surface area contributed by atoms with Gasteiger partial charge in [0.1, 0.15) is 5.75 Å². The molecule has 1 atom stereocenters. The van der Waals surface area contributed by atoms with Crippen LogP contribution in [0.1, 0.15) is 19.3 Å². The second-order valence-corrected chi connectivity index (χ2v) is 5.50. The van der Waals surface area contributed by atoms with Gasteiger partial charge >= 0.3 is 0 Å². The fourth-order valence-electron chi connectivity index (χ4n) is 2.65. The van der Waals surface area contributed by atoms with Crippen molar-refractivity contribution < 1.29 is 9.53 Å². The van der Waals surface area contributed by atoms with Crippen molar-refractivity contribution in [2.75, 3.05) is 38.2 Å². The maximum absolute atomic E-state index is 11.6. The van der Waals surface area contributed by atoms with Crippen molar-refractivity contribution in [3.63, 3.8) is 0 Å². The minimum atomic E-state index is 0. The van der Waals surface area contributed by atoms with Crippen LogP contribution in [0.25, 0.3) is 0 Å². The number of carbonyl (C=O) groups is 1. The maximum atomic E-state index is 11.6. The molecule has 1 unspecified atom stereocenters. The van der Waals surface area contributed by atoms with Crippen LogP contribution < -0.4 is 20.7 Å². The zero-order valence-electron chi connectivity index (χ0n) is 13.5. The van der Waals surface area contributed by atoms with Crippen LogP contribution in [0, 0.1) is 5.92 Å². The average Bonchev–Trinajstić information content (AvgIpc) is 3.00. The second kappa shape index (κ2) is 11.4. The minimum absolute atomic E-state index is 0. The first-order chi connectivity index (χ1) is 10.2. The Hall–Kier alpha value is -1.17. The first-order valence-corrected chi connectivity index (χ1v) is 7.58. The Bertz CT molecular complexity index is 474. The number of hydrogen-bond acceptors (Lipinski definition) is 4. The van der Waals surface area contributed by atoms with Gasteiger partial charge in [0, 0.05) is 37.8 Å². The number of nitrogens with two attached hydrogens (primary N) is 1. The van der Waals surface area contributed by atoms with Crippen molar-refractivity contribution in [2.45, 2.75) is 19.3 Å². The van der Waals surface area contributed by atoms with Crippen molar-refractivity contribution in [2.24, 2.45) is 11.7 Å². The number of carbonyl (C=O) groups excluding carboxylic acids is 1. The molecule has 0 aromatic heterocycles. The summed E-state index contributed by atoms with van der Waals surface area (Å²) < 4.78 is 5.26. The van der Waals surface area contributed by atoms with E-state index < -0.39 is 0 Å². The molecular formula is C16H27Cl2N3O2. The van der Waals surface area contributed by atoms with E-state index in [0.29, 0.717) is 18.9 Å². The first kappa shape index (κ1) is 21.8. The highest BCUT2D eigenvalue weighted by Crippen LogP contribution is 2.26. The Labute approximate surface area is 150 Å². The molecule has 1 amide bonds. The first-order valence-electron chi connectivity index (χ1n) is 7.58. The van der Waals surface area contributed by atoms with Gasteiger partial charge in [-0.3, -0.25) is 4.79 Å². The summed E-state index contributed by atoms with van der Waals surface area (Å²) in [6.45, 7) is 3.32. The molecule has 132 valence electrons. The van der Waals surface area contributed by atoms with Gasteiger partial charge in [0.15, 0.2) is 0 Å². The van der Waals surface area contributed by atoms with Gasteiger partial charge in [-0.25, -0.2) is 0 Å². The molecule has 0 aliphatic carbocycles. The molecule has 1 heterocycles. The Morgan fingerprint density at radius 1 is 1.43 bits per heavy atom. The summed E-state index contributed by atoms with van der Waals surface area (Å²) >= 11 is 0. The summed E-state index contributed by atoms with van der Waals surface area (Å²) in [5, 5.41) is 3.01. The fraction of sp³-hybridized carbons (Fsp3) is 0.562. The van der Waals surface area contributed by atoms with Crippen LogP contribution in [0.2, 0.25) is 0 Å². The van der Waals surface area contributed by atoms with Crippen molar-refractivity contribution in [3.05, 3.63) is 24.3 Å². The molecular weight excluding hydrogens is 337 g/mol. The lowest BCUT2D eigenvalue weighted by molar-refractivity contribution is -0.121. The van der Waals surface area contributed by atoms with Crippen LogP contribution >= 0.6 is 24.8 Å². The topological polar surface area (TPSA) is 67.6 Å². The number of nitrogens with zero attached hydrogens (tertiary/aromatic N) is 1. The van der Waals surface area contributed by atoms with Crippen LogP contribution in [0.5, 0.6) is 5.75 Å². The molecule has 1 aromatic rings. The number of benzene rings is 1. The Balaban J connectivity index is 0.00000242. The van der Waals surface area contributed by atoms with E-state index in [-0.39, 0.29) is 30.7 Å². The number of nitrogens with one attached hydrogen (secondary N) is 1. The van der Waals surface area contributed by atoms with Crippen LogP contribution in [0.4, 0.5) is 5.69 Å². The van der Waals surface area contributed by atoms with E-state index in [4.69, 9.17) is 10.5 Å². The highest BCUT2D eigenvalue weighted by Gasteiger charge is 2.23. The summed E-state index contributed by atoms with van der Waals surface area (Å²) in [7, 11) is 1.68. The number of rotatable bonds is 7. The normalized spacial score (nSPS) is 16.3. The molecule has 0 radical (unpaired) electrons. The van der Waals surface area contributed by atoms with Gasteiger partial charge in [0.05, 0.1) is 7.11 Å². The third-order valence-corrected chi connectivity index (χ3v) is 3.90. The third kappa shape index (κ3) is 6.85. The van der Waals surface area contributed by atoms with Crippen molar-refractivity contribution in [1.29, 1.82) is 0 Å². The highest BCUT2D eigenvalue weighted by molar-refractivity contribution is 5.85. The Kier molecular flexibility index (Phi) is 10.8. The smallest absolute Gasteiger partial charge is 0.220 e. The van der Waals surface area contributed by atoms with E-state index in [1.165, 1.54) is 5.69 Å². The van der Waals surface area contributed by atoms with Gasteiger partial charge in [-0.2, -0.15) is 0 Å². The van der Waals surface area contributed by atoms with E-state index in [2.05, 4.69) is 22.3 Å². The van der Waals surface area contributed by atoms with Gasteiger partial charge in [-0.1, -0.05) is 6.07 Å². The fourth-order valence-corrected chi connectivity index (χ4v) is 2.65. The van der Waals surface area contributed by atoms with Crippen molar-refractivity contribution >= 4 is 36.4 Å². The van der Waals surface area contributed by atoms with Gasteiger partial charge < -0.3 is 20.7 Å². The van der Waals surface area contributed by atoms with E-state index in [1.807, 2.05) is 12.1 Å². The zero-order chi connectivity index (χ0) is 15.1. The lowest BCUT2D eigenvalue weighted by atomic mass is 10.1. The average molecular weight is 364 g/mol. The monoisotopic (exact) mass is 363 g/mol. The number of methoxy groups -OCH3 is 1. The predicted octanol–water partition coefficient (Wildman–Crippen LogP) is 2.22. The molecule has 1 aromatic carbocycles. The standard InChI is InChI=1S/C16H25N3O2.2ClH/c1-21-15-5-2-4-14(10-15)19-9-7-13(12-19)11-18-16(20)6-3-8-17;;/h2,4-5,10,13H,3,6-9,11-12,17H2,1H3,(H,18,20);2*1H. The molecule has 1 aliphatic rings. The number of anilines is 1. The van der Waals surface area contributed by atoms with Crippen molar-refractivity contribution in [1.82, 2.24) is 5.32 Å². The molecule has 1 fully saturated rings. The third-order valence-electron chi connectivity index (χ3n) is 3.90. The molecule has 5 nitrogen and oxygen atoms in total. The van der Waals surface area contributed by atoms with Gasteiger partial charge in [0.25, 0.3) is 0 Å². The lowest BCUT2D eigenvalue weighted by Gasteiger charge is -2.19. The maximum Gasteiger partial charge on any atom is 0.220 e. The molecule has 0 saturated carbocycles. The highest BCUT2D eigenvalue weighted by atomic mass is 35.5. The molecule has 3 N–H and O–H groups in total. The number of ether oxygens (including phenoxy) is 1. The molecule has 0 spiro atoms. The second-order valence-electron chi connectivity index (χ2n) is 5.50. The quantitative estimate of drug-likeness (QED) is 0.779. The van der Waals surface area contributed by atoms with E-state index in [9.17, 15) is 4.79 Å². The largest absolute Gasteiger partial charge is 0.497 e. The summed E-state index contributed by atoms with van der Waals surface area (Å²) in [5.41, 5.74) is 6.59. The Morgan fingerprint density at radius 3 is 2.91 bits per heavy atom. The minimum Gasteiger partial charge on any atom is -0.497 e. The van der Waals surface area contributed by atoms with Gasteiger partial charge in [-0.05, 0) is 37.4 Å². The van der Waals surface area contributed by atoms with Crippen LogP contribution in [-0.4, -0.2) is 39.2 Å². The molecule has 0 bridgehead atoms. The van der Waals surface area contributed by atoms with Crippen LogP contribution in [0.3, 0.4) is 0 Å². The van der Waals surface area contributed by atoms with Gasteiger partial charge in [-0.15, -0.1) is 24.8 Å². The van der Waals surface area contributed by atoms with Crippen LogP contribution in [-0.2, 0) is 4.79 Å². The molecule has 23 heavy (non-hydrogen) atoms. The van der Waals surface area contributed by atoms with Crippen molar-refractivity contribution in [3.8, 4) is 5.75 Å². The SMILES string of the molecule is COc1cccc(N2CCC(CNC(=O)CCCN)C2)c1.Cl.Cl. The molecule has 2 rings (SSSR count). The lowest BCUT2D eigenvalue weighted by Crippen LogP contribution is -2.31. The molecule has 1 aliphatic heterocycles. The van der Waals surface area contributed by atoms with Crippen LogP contribution in [0.15, 0.2) is 24.3 Å². The summed E-state index contributed by atoms with van der Waals surface area (Å²) in [5.74, 6) is 1.50. The number of halogens is 2. The Morgan fingerprint density at radius 2 is 2.22 bits per heavy atom. The predicted molar refractivity (Wildman–Crippen MR) is 99.1 cm³/mol. The van der Waals surface area contributed by atoms with E-state index >= 15 is 0 Å². The summed E-state index contributed by atoms with van der Waals surface area (Å²) in [4.78, 5) is 13.9. The van der Waals surface area contributed by atoms with E-state index in [0.717, 1.165) is 38.2 Å².